The average Bonchev–Trinajstić information content (AvgIpc) is 2.95. The SMILES string of the molecule is N[C@@H](c1c(Br)ccc(Cl)c1O)C1CC1. The Morgan fingerprint density at radius 2 is 2.14 bits per heavy atom. The first kappa shape index (κ1) is 10.3. The van der Waals surface area contributed by atoms with Gasteiger partial charge < -0.3 is 10.8 Å². The van der Waals surface area contributed by atoms with Gasteiger partial charge in [0.2, 0.25) is 0 Å². The van der Waals surface area contributed by atoms with Gasteiger partial charge in [-0.15, -0.1) is 0 Å². The van der Waals surface area contributed by atoms with Gasteiger partial charge in [-0.05, 0) is 30.9 Å². The highest BCUT2D eigenvalue weighted by Gasteiger charge is 2.32. The minimum Gasteiger partial charge on any atom is -0.506 e. The van der Waals surface area contributed by atoms with Gasteiger partial charge in [0.1, 0.15) is 5.75 Å². The molecular weight excluding hydrogens is 265 g/mol. The minimum atomic E-state index is -0.108. The lowest BCUT2D eigenvalue weighted by atomic mass is 10.0. The number of hydrogen-bond acceptors (Lipinski definition) is 2. The molecule has 1 fully saturated rings. The van der Waals surface area contributed by atoms with Crippen molar-refractivity contribution in [3.63, 3.8) is 0 Å². The molecule has 76 valence electrons. The Kier molecular flexibility index (Phi) is 2.73. The fourth-order valence-electron chi connectivity index (χ4n) is 1.56. The summed E-state index contributed by atoms with van der Waals surface area (Å²) in [5.74, 6) is 0.608. The third-order valence-corrected chi connectivity index (χ3v) is 3.57. The van der Waals surface area contributed by atoms with Crippen LogP contribution in [0.5, 0.6) is 5.75 Å². The molecule has 0 unspecified atom stereocenters. The van der Waals surface area contributed by atoms with E-state index in [2.05, 4.69) is 15.9 Å². The van der Waals surface area contributed by atoms with Crippen molar-refractivity contribution >= 4 is 27.5 Å². The van der Waals surface area contributed by atoms with Crippen LogP contribution in [0, 0.1) is 5.92 Å². The molecule has 0 aliphatic heterocycles. The predicted molar refractivity (Wildman–Crippen MR) is 60.5 cm³/mol. The fourth-order valence-corrected chi connectivity index (χ4v) is 2.31. The second kappa shape index (κ2) is 3.72. The highest BCUT2D eigenvalue weighted by molar-refractivity contribution is 9.10. The molecule has 1 aliphatic carbocycles. The van der Waals surface area contributed by atoms with E-state index in [1.54, 1.807) is 6.07 Å². The van der Waals surface area contributed by atoms with E-state index < -0.39 is 0 Å². The van der Waals surface area contributed by atoms with Crippen LogP contribution in [0.2, 0.25) is 5.02 Å². The number of hydrogen-bond donors (Lipinski definition) is 2. The molecule has 0 bridgehead atoms. The summed E-state index contributed by atoms with van der Waals surface area (Å²) in [5, 5.41) is 10.1. The van der Waals surface area contributed by atoms with E-state index in [0.717, 1.165) is 22.9 Å². The van der Waals surface area contributed by atoms with Crippen LogP contribution in [0.25, 0.3) is 0 Å². The first-order valence-electron chi connectivity index (χ1n) is 4.53. The molecule has 4 heteroatoms. The van der Waals surface area contributed by atoms with Crippen molar-refractivity contribution < 1.29 is 5.11 Å². The van der Waals surface area contributed by atoms with Crippen molar-refractivity contribution in [2.45, 2.75) is 18.9 Å². The number of rotatable bonds is 2. The molecule has 0 amide bonds. The van der Waals surface area contributed by atoms with E-state index in [1.165, 1.54) is 0 Å². The summed E-state index contributed by atoms with van der Waals surface area (Å²) in [7, 11) is 0. The van der Waals surface area contributed by atoms with E-state index in [0.29, 0.717) is 10.9 Å². The van der Waals surface area contributed by atoms with E-state index >= 15 is 0 Å². The number of halogens is 2. The van der Waals surface area contributed by atoms with Crippen LogP contribution in [0.3, 0.4) is 0 Å². The van der Waals surface area contributed by atoms with Gasteiger partial charge in [0.05, 0.1) is 5.02 Å². The summed E-state index contributed by atoms with van der Waals surface area (Å²) in [6, 6.07) is 3.37. The van der Waals surface area contributed by atoms with Gasteiger partial charge >= 0.3 is 0 Å². The smallest absolute Gasteiger partial charge is 0.140 e. The zero-order valence-electron chi connectivity index (χ0n) is 7.50. The van der Waals surface area contributed by atoms with Gasteiger partial charge in [0.25, 0.3) is 0 Å². The number of nitrogens with two attached hydrogens (primary N) is 1. The maximum Gasteiger partial charge on any atom is 0.140 e. The number of phenols is 1. The second-order valence-electron chi connectivity index (χ2n) is 3.65. The lowest BCUT2D eigenvalue weighted by Crippen LogP contribution is -2.13. The van der Waals surface area contributed by atoms with Crippen molar-refractivity contribution in [2.75, 3.05) is 0 Å². The molecule has 0 spiro atoms. The largest absolute Gasteiger partial charge is 0.506 e. The van der Waals surface area contributed by atoms with Crippen LogP contribution in [0.1, 0.15) is 24.4 Å². The lowest BCUT2D eigenvalue weighted by molar-refractivity contribution is 0.455. The highest BCUT2D eigenvalue weighted by atomic mass is 79.9. The Morgan fingerprint density at radius 3 is 2.71 bits per heavy atom. The van der Waals surface area contributed by atoms with E-state index in [4.69, 9.17) is 17.3 Å². The summed E-state index contributed by atoms with van der Waals surface area (Å²) in [4.78, 5) is 0. The van der Waals surface area contributed by atoms with Crippen molar-refractivity contribution in [3.05, 3.63) is 27.2 Å². The molecule has 1 saturated carbocycles. The molecular formula is C10H11BrClNO. The van der Waals surface area contributed by atoms with Crippen LogP contribution in [0.15, 0.2) is 16.6 Å². The second-order valence-corrected chi connectivity index (χ2v) is 4.92. The summed E-state index contributed by atoms with van der Waals surface area (Å²) in [6.07, 6.45) is 2.28. The quantitative estimate of drug-likeness (QED) is 0.871. The fraction of sp³-hybridized carbons (Fsp3) is 0.400. The molecule has 0 aromatic heterocycles. The molecule has 0 saturated heterocycles. The number of aromatic hydroxyl groups is 1. The summed E-state index contributed by atoms with van der Waals surface area (Å²) < 4.78 is 0.832. The topological polar surface area (TPSA) is 46.2 Å². The maximum absolute atomic E-state index is 9.78. The van der Waals surface area contributed by atoms with E-state index in [-0.39, 0.29) is 11.8 Å². The van der Waals surface area contributed by atoms with Crippen molar-refractivity contribution in [2.24, 2.45) is 11.7 Å². The van der Waals surface area contributed by atoms with Crippen molar-refractivity contribution in [1.82, 2.24) is 0 Å². The number of benzene rings is 1. The molecule has 3 N–H and O–H groups in total. The molecule has 0 radical (unpaired) electrons. The lowest BCUT2D eigenvalue weighted by Gasteiger charge is -2.15. The first-order chi connectivity index (χ1) is 6.61. The van der Waals surface area contributed by atoms with Crippen LogP contribution in [-0.4, -0.2) is 5.11 Å². The van der Waals surface area contributed by atoms with E-state index in [1.807, 2.05) is 6.07 Å². The first-order valence-corrected chi connectivity index (χ1v) is 5.71. The summed E-state index contributed by atoms with van der Waals surface area (Å²) in [5.41, 5.74) is 6.76. The third-order valence-electron chi connectivity index (χ3n) is 2.58. The van der Waals surface area contributed by atoms with Gasteiger partial charge in [0, 0.05) is 16.1 Å². The Labute approximate surface area is 96.2 Å². The zero-order valence-corrected chi connectivity index (χ0v) is 9.85. The van der Waals surface area contributed by atoms with Gasteiger partial charge in [-0.2, -0.15) is 0 Å². The summed E-state index contributed by atoms with van der Waals surface area (Å²) >= 11 is 9.21. The van der Waals surface area contributed by atoms with Crippen molar-refractivity contribution in [3.8, 4) is 5.75 Å². The molecule has 2 rings (SSSR count). The Morgan fingerprint density at radius 1 is 1.50 bits per heavy atom. The third kappa shape index (κ3) is 1.76. The molecule has 0 heterocycles. The highest BCUT2D eigenvalue weighted by Crippen LogP contribution is 2.46. The molecule has 1 atom stereocenters. The molecule has 1 aromatic rings. The number of phenolic OH excluding ortho intramolecular Hbond substituents is 1. The van der Waals surface area contributed by atoms with Gasteiger partial charge in [-0.3, -0.25) is 0 Å². The normalized spacial score (nSPS) is 18.2. The molecule has 2 nitrogen and oxygen atoms in total. The van der Waals surface area contributed by atoms with Crippen LogP contribution < -0.4 is 5.73 Å². The monoisotopic (exact) mass is 275 g/mol. The maximum atomic E-state index is 9.78. The predicted octanol–water partition coefficient (Wildman–Crippen LogP) is 3.22. The van der Waals surface area contributed by atoms with Gasteiger partial charge in [-0.25, -0.2) is 0 Å². The average molecular weight is 277 g/mol. The zero-order chi connectivity index (χ0) is 10.3. The van der Waals surface area contributed by atoms with Crippen LogP contribution >= 0.6 is 27.5 Å². The Hall–Kier alpha value is -0.250. The Balaban J connectivity index is 2.43. The molecule has 14 heavy (non-hydrogen) atoms. The molecule has 1 aliphatic rings. The van der Waals surface area contributed by atoms with E-state index in [9.17, 15) is 5.11 Å². The van der Waals surface area contributed by atoms with Crippen molar-refractivity contribution in [1.29, 1.82) is 0 Å². The van der Waals surface area contributed by atoms with Gasteiger partial charge in [-0.1, -0.05) is 27.5 Å². The van der Waals surface area contributed by atoms with Crippen LogP contribution in [0.4, 0.5) is 0 Å². The minimum absolute atomic E-state index is 0.108. The Bertz CT molecular complexity index is 365. The standard InChI is InChI=1S/C10H11BrClNO/c11-6-3-4-7(12)10(14)8(6)9(13)5-1-2-5/h3-5,9,14H,1-2,13H2/t9-/m1/s1. The van der Waals surface area contributed by atoms with Crippen LogP contribution in [-0.2, 0) is 0 Å². The molecule has 1 aromatic carbocycles. The van der Waals surface area contributed by atoms with Gasteiger partial charge in [0.15, 0.2) is 0 Å². The summed E-state index contributed by atoms with van der Waals surface area (Å²) in [6.45, 7) is 0.